The zero-order valence-electron chi connectivity index (χ0n) is 11.5. The van der Waals surface area contributed by atoms with Crippen LogP contribution in [0.25, 0.3) is 0 Å². The van der Waals surface area contributed by atoms with Crippen molar-refractivity contribution < 1.29 is 19.5 Å². The largest absolute Gasteiger partial charge is 0.480 e. The van der Waals surface area contributed by atoms with Gasteiger partial charge in [0, 0.05) is 12.3 Å². The Balaban J connectivity index is 4.43. The fourth-order valence-electron chi connectivity index (χ4n) is 1.60. The molecule has 6 heteroatoms. The van der Waals surface area contributed by atoms with Gasteiger partial charge in [-0.1, -0.05) is 20.8 Å². The van der Waals surface area contributed by atoms with Gasteiger partial charge < -0.3 is 10.4 Å². The maximum absolute atomic E-state index is 11.8. The number of hydrogen-bond acceptors (Lipinski definition) is 4. The van der Waals surface area contributed by atoms with Crippen molar-refractivity contribution in [1.82, 2.24) is 5.32 Å². The molecular formula is C13H20N2O4. The Morgan fingerprint density at radius 1 is 1.26 bits per heavy atom. The molecule has 0 aromatic heterocycles. The topological polar surface area (TPSA) is 107 Å². The first-order valence-electron chi connectivity index (χ1n) is 6.19. The van der Waals surface area contributed by atoms with E-state index in [-0.39, 0.29) is 24.5 Å². The zero-order valence-corrected chi connectivity index (χ0v) is 11.5. The Labute approximate surface area is 112 Å². The maximum atomic E-state index is 11.8. The summed E-state index contributed by atoms with van der Waals surface area (Å²) in [6.07, 6.45) is 0.0549. The Hall–Kier alpha value is -1.90. The molecule has 0 saturated heterocycles. The van der Waals surface area contributed by atoms with Gasteiger partial charge in [-0.05, 0) is 12.3 Å². The van der Waals surface area contributed by atoms with Crippen molar-refractivity contribution in [1.29, 1.82) is 5.26 Å². The van der Waals surface area contributed by atoms with Crippen LogP contribution in [0.2, 0.25) is 0 Å². The molecule has 2 atom stereocenters. The fraction of sp³-hybridized carbons (Fsp3) is 0.692. The number of amides is 1. The van der Waals surface area contributed by atoms with E-state index in [4.69, 9.17) is 10.4 Å². The van der Waals surface area contributed by atoms with E-state index in [1.54, 1.807) is 13.0 Å². The van der Waals surface area contributed by atoms with E-state index in [1.165, 1.54) is 0 Å². The third kappa shape index (κ3) is 7.19. The molecule has 0 spiro atoms. The lowest BCUT2D eigenvalue weighted by molar-refractivity contribution is -0.143. The van der Waals surface area contributed by atoms with Crippen molar-refractivity contribution in [3.8, 4) is 6.07 Å². The van der Waals surface area contributed by atoms with Gasteiger partial charge in [0.15, 0.2) is 0 Å². The summed E-state index contributed by atoms with van der Waals surface area (Å²) in [5, 5.41) is 19.8. The molecule has 106 valence electrons. The summed E-state index contributed by atoms with van der Waals surface area (Å²) in [6.45, 7) is 5.27. The number of nitrogens with one attached hydrogen (secondary N) is 1. The van der Waals surface area contributed by atoms with E-state index in [9.17, 15) is 14.4 Å². The molecule has 2 N–H and O–H groups in total. The number of nitrogens with zero attached hydrogens (tertiary/aromatic N) is 1. The molecule has 0 aromatic rings. The Bertz CT molecular complexity index is 385. The van der Waals surface area contributed by atoms with E-state index in [1.807, 2.05) is 13.8 Å². The number of carbonyl (C=O) groups excluding carboxylic acids is 2. The molecule has 0 aliphatic carbocycles. The maximum Gasteiger partial charge on any atom is 0.326 e. The zero-order chi connectivity index (χ0) is 15.0. The first-order valence-corrected chi connectivity index (χ1v) is 6.19. The number of rotatable bonds is 8. The van der Waals surface area contributed by atoms with Crippen molar-refractivity contribution in [2.45, 2.75) is 46.1 Å². The highest BCUT2D eigenvalue weighted by Gasteiger charge is 2.24. The smallest absolute Gasteiger partial charge is 0.326 e. The van der Waals surface area contributed by atoms with Crippen LogP contribution in [-0.2, 0) is 14.4 Å². The van der Waals surface area contributed by atoms with Crippen LogP contribution in [0.1, 0.15) is 40.0 Å². The normalized spacial score (nSPS) is 13.4. The number of carboxylic acid groups (broad SMARTS) is 1. The summed E-state index contributed by atoms with van der Waals surface area (Å²) in [5.74, 6) is -2.37. The van der Waals surface area contributed by atoms with Crippen LogP contribution in [0.5, 0.6) is 0 Å². The number of nitriles is 1. The minimum atomic E-state index is -1.09. The lowest BCUT2D eigenvalue weighted by Crippen LogP contribution is -2.44. The van der Waals surface area contributed by atoms with Crippen molar-refractivity contribution >= 4 is 17.7 Å². The van der Waals surface area contributed by atoms with Crippen LogP contribution in [-0.4, -0.2) is 28.8 Å². The third-order valence-corrected chi connectivity index (χ3v) is 2.58. The van der Waals surface area contributed by atoms with Gasteiger partial charge in [0.05, 0.1) is 12.5 Å². The van der Waals surface area contributed by atoms with Crippen LogP contribution in [0.15, 0.2) is 0 Å². The van der Waals surface area contributed by atoms with Crippen LogP contribution in [0, 0.1) is 23.2 Å². The van der Waals surface area contributed by atoms with Gasteiger partial charge in [0.1, 0.15) is 11.8 Å². The number of aliphatic carboxylic acids is 1. The quantitative estimate of drug-likeness (QED) is 0.685. The summed E-state index contributed by atoms with van der Waals surface area (Å²) in [6, 6.07) is 0.778. The molecule has 0 bridgehead atoms. The second kappa shape index (κ2) is 8.25. The number of carbonyl (C=O) groups is 3. The summed E-state index contributed by atoms with van der Waals surface area (Å²) in [7, 11) is 0. The first-order chi connectivity index (χ1) is 8.77. The van der Waals surface area contributed by atoms with Gasteiger partial charge in [0.2, 0.25) is 5.91 Å². The summed E-state index contributed by atoms with van der Waals surface area (Å²) < 4.78 is 0. The summed E-state index contributed by atoms with van der Waals surface area (Å²) in [5.41, 5.74) is 0. The molecule has 0 aromatic carbocycles. The average molecular weight is 268 g/mol. The number of hydrogen-bond donors (Lipinski definition) is 2. The third-order valence-electron chi connectivity index (χ3n) is 2.58. The molecule has 0 heterocycles. The molecule has 0 saturated carbocycles. The lowest BCUT2D eigenvalue weighted by Gasteiger charge is -2.18. The van der Waals surface area contributed by atoms with Crippen LogP contribution in [0.3, 0.4) is 0 Å². The lowest BCUT2D eigenvalue weighted by atomic mass is 10.00. The van der Waals surface area contributed by atoms with Gasteiger partial charge in [-0.25, -0.2) is 4.79 Å². The van der Waals surface area contributed by atoms with Crippen molar-refractivity contribution in [2.24, 2.45) is 11.8 Å². The number of ketones is 1. The predicted molar refractivity (Wildman–Crippen MR) is 68.0 cm³/mol. The van der Waals surface area contributed by atoms with E-state index in [2.05, 4.69) is 5.32 Å². The number of Topliss-reactive ketones (excluding diaryl/α,β-unsaturated/α-hetero) is 1. The highest BCUT2D eigenvalue weighted by molar-refractivity contribution is 5.89. The van der Waals surface area contributed by atoms with Crippen LogP contribution < -0.4 is 5.32 Å². The van der Waals surface area contributed by atoms with Gasteiger partial charge in [-0.15, -0.1) is 0 Å². The van der Waals surface area contributed by atoms with Crippen molar-refractivity contribution in [3.63, 3.8) is 0 Å². The van der Waals surface area contributed by atoms with E-state index >= 15 is 0 Å². The SMILES string of the molecule is CC(C)C[C@H](NC(=O)[C@H](C)CC(=O)CC#N)C(=O)O. The molecular weight excluding hydrogens is 248 g/mol. The van der Waals surface area contributed by atoms with E-state index in [0.29, 0.717) is 6.42 Å². The molecule has 0 fully saturated rings. The predicted octanol–water partition coefficient (Wildman–Crippen LogP) is 1.11. The van der Waals surface area contributed by atoms with Crippen molar-refractivity contribution in [2.75, 3.05) is 0 Å². The summed E-state index contributed by atoms with van der Waals surface area (Å²) >= 11 is 0. The van der Waals surface area contributed by atoms with Gasteiger partial charge in [-0.3, -0.25) is 9.59 Å². The monoisotopic (exact) mass is 268 g/mol. The second-order valence-corrected chi connectivity index (χ2v) is 5.01. The van der Waals surface area contributed by atoms with Gasteiger partial charge in [-0.2, -0.15) is 5.26 Å². The van der Waals surface area contributed by atoms with Gasteiger partial charge in [0.25, 0.3) is 0 Å². The Kier molecular flexibility index (Phi) is 7.42. The number of carboxylic acids is 1. The molecule has 0 unspecified atom stereocenters. The van der Waals surface area contributed by atoms with Crippen molar-refractivity contribution in [3.05, 3.63) is 0 Å². The minimum Gasteiger partial charge on any atom is -0.480 e. The first kappa shape index (κ1) is 17.1. The highest BCUT2D eigenvalue weighted by Crippen LogP contribution is 2.09. The molecule has 0 aliphatic heterocycles. The Morgan fingerprint density at radius 3 is 2.26 bits per heavy atom. The molecule has 0 rings (SSSR count). The molecule has 1 amide bonds. The van der Waals surface area contributed by atoms with Crippen LogP contribution >= 0.6 is 0 Å². The second-order valence-electron chi connectivity index (χ2n) is 5.01. The standard InChI is InChI=1S/C13H20N2O4/c1-8(2)6-11(13(18)19)15-12(17)9(3)7-10(16)4-5-14/h8-9,11H,4,6-7H2,1-3H3,(H,15,17)(H,18,19)/t9-,11+/m1/s1. The van der Waals surface area contributed by atoms with Crippen LogP contribution in [0.4, 0.5) is 0 Å². The molecule has 0 aliphatic rings. The molecule has 19 heavy (non-hydrogen) atoms. The average Bonchev–Trinajstić information content (AvgIpc) is 2.27. The van der Waals surface area contributed by atoms with E-state index < -0.39 is 23.8 Å². The van der Waals surface area contributed by atoms with E-state index in [0.717, 1.165) is 0 Å². The minimum absolute atomic E-state index is 0.0482. The Morgan fingerprint density at radius 2 is 1.84 bits per heavy atom. The molecule has 6 nitrogen and oxygen atoms in total. The summed E-state index contributed by atoms with van der Waals surface area (Å²) in [4.78, 5) is 34.0. The highest BCUT2D eigenvalue weighted by atomic mass is 16.4. The fourth-order valence-corrected chi connectivity index (χ4v) is 1.60. The molecule has 0 radical (unpaired) electrons. The van der Waals surface area contributed by atoms with Gasteiger partial charge >= 0.3 is 5.97 Å².